The van der Waals surface area contributed by atoms with Crippen LogP contribution in [0.1, 0.15) is 16.1 Å². The van der Waals surface area contributed by atoms with Crippen LogP contribution in [-0.2, 0) is 0 Å². The Kier molecular flexibility index (Phi) is 3.74. The number of ether oxygens (including phenoxy) is 1. The van der Waals surface area contributed by atoms with Gasteiger partial charge in [-0.05, 0) is 31.2 Å². The molecule has 1 aromatic heterocycles. The predicted octanol–water partition coefficient (Wildman–Crippen LogP) is 3.77. The molecule has 1 aromatic carbocycles. The number of carbonyl (C=O) groups is 1. The zero-order chi connectivity index (χ0) is 14.8. The molecule has 0 bridgehead atoms. The second kappa shape index (κ2) is 5.32. The molecule has 0 unspecified atom stereocenters. The van der Waals surface area contributed by atoms with E-state index in [0.717, 1.165) is 0 Å². The molecule has 0 radical (unpaired) electrons. The Morgan fingerprint density at radius 3 is 2.50 bits per heavy atom. The van der Waals surface area contributed by atoms with E-state index < -0.39 is 6.36 Å². The van der Waals surface area contributed by atoms with Gasteiger partial charge in [0, 0.05) is 16.8 Å². The van der Waals surface area contributed by atoms with E-state index in [1.165, 1.54) is 24.3 Å². The zero-order valence-corrected chi connectivity index (χ0v) is 10.4. The highest BCUT2D eigenvalue weighted by Gasteiger charge is 2.32. The van der Waals surface area contributed by atoms with Crippen molar-refractivity contribution in [2.24, 2.45) is 0 Å². The molecule has 0 saturated carbocycles. The Bertz CT molecular complexity index is 639. The molecule has 3 nitrogen and oxygen atoms in total. The Hall–Kier alpha value is -2.37. The summed E-state index contributed by atoms with van der Waals surface area (Å²) in [5.41, 5.74) is 1.08. The molecule has 104 valence electrons. The lowest BCUT2D eigenvalue weighted by molar-refractivity contribution is -0.274. The van der Waals surface area contributed by atoms with Gasteiger partial charge in [0.2, 0.25) is 0 Å². The van der Waals surface area contributed by atoms with Crippen LogP contribution in [0.25, 0.3) is 11.3 Å². The van der Waals surface area contributed by atoms with Crippen molar-refractivity contribution in [3.8, 4) is 17.0 Å². The molecular formula is C14H10F3NO2. The summed E-state index contributed by atoms with van der Waals surface area (Å²) in [6.07, 6.45) is -4.26. The number of alkyl halides is 3. The van der Waals surface area contributed by atoms with Crippen molar-refractivity contribution in [3.05, 3.63) is 47.7 Å². The van der Waals surface area contributed by atoms with Gasteiger partial charge in [-0.3, -0.25) is 9.78 Å². The Morgan fingerprint density at radius 2 is 1.85 bits per heavy atom. The number of rotatable bonds is 3. The van der Waals surface area contributed by atoms with Crippen LogP contribution in [0, 0.1) is 6.92 Å². The Balaban J connectivity index is 2.58. The third kappa shape index (κ3) is 3.14. The first-order valence-electron chi connectivity index (χ1n) is 5.68. The highest BCUT2D eigenvalue weighted by molar-refractivity contribution is 5.87. The molecule has 0 amide bonds. The summed E-state index contributed by atoms with van der Waals surface area (Å²) in [5.74, 6) is -0.388. The monoisotopic (exact) mass is 281 g/mol. The average Bonchev–Trinajstić information content (AvgIpc) is 2.37. The molecule has 0 aliphatic heterocycles. The van der Waals surface area contributed by atoms with Gasteiger partial charge in [-0.2, -0.15) is 0 Å². The third-order valence-electron chi connectivity index (χ3n) is 2.56. The lowest BCUT2D eigenvalue weighted by Gasteiger charge is -2.14. The fourth-order valence-electron chi connectivity index (χ4n) is 1.75. The van der Waals surface area contributed by atoms with E-state index in [0.29, 0.717) is 12.0 Å². The third-order valence-corrected chi connectivity index (χ3v) is 2.56. The van der Waals surface area contributed by atoms with Crippen molar-refractivity contribution in [1.82, 2.24) is 4.98 Å². The van der Waals surface area contributed by atoms with Gasteiger partial charge in [0.25, 0.3) is 0 Å². The summed E-state index contributed by atoms with van der Waals surface area (Å²) in [6.45, 7) is 1.69. The second-order valence-corrected chi connectivity index (χ2v) is 4.05. The molecule has 0 saturated heterocycles. The number of aryl methyl sites for hydroxylation is 1. The fourth-order valence-corrected chi connectivity index (χ4v) is 1.75. The number of para-hydroxylation sites is 1. The van der Waals surface area contributed by atoms with Crippen molar-refractivity contribution in [3.63, 3.8) is 0 Å². The number of aldehydes is 1. The number of halogens is 3. The maximum Gasteiger partial charge on any atom is 0.573 e. The van der Waals surface area contributed by atoms with Gasteiger partial charge < -0.3 is 4.74 Å². The molecule has 6 heteroatoms. The molecule has 0 N–H and O–H groups in total. The standard InChI is InChI=1S/C14H10F3NO2/c1-9-6-7-10(8-19)13(18-9)11-4-2-3-5-12(11)20-14(15,16)17/h2-8H,1H3. The van der Waals surface area contributed by atoms with Crippen LogP contribution in [0.3, 0.4) is 0 Å². The first-order chi connectivity index (χ1) is 9.40. The van der Waals surface area contributed by atoms with Gasteiger partial charge in [-0.15, -0.1) is 13.2 Å². The summed E-state index contributed by atoms with van der Waals surface area (Å²) < 4.78 is 41.1. The lowest BCUT2D eigenvalue weighted by atomic mass is 10.0. The first-order valence-corrected chi connectivity index (χ1v) is 5.68. The average molecular weight is 281 g/mol. The lowest BCUT2D eigenvalue weighted by Crippen LogP contribution is -2.17. The van der Waals surface area contributed by atoms with Crippen molar-refractivity contribution in [1.29, 1.82) is 0 Å². The SMILES string of the molecule is Cc1ccc(C=O)c(-c2ccccc2OC(F)(F)F)n1. The minimum atomic E-state index is -4.80. The van der Waals surface area contributed by atoms with Crippen LogP contribution in [0.15, 0.2) is 36.4 Å². The molecule has 2 aromatic rings. The van der Waals surface area contributed by atoms with Crippen molar-refractivity contribution >= 4 is 6.29 Å². The van der Waals surface area contributed by atoms with Crippen LogP contribution >= 0.6 is 0 Å². The Labute approximate surface area is 113 Å². The van der Waals surface area contributed by atoms with Crippen LogP contribution in [0.2, 0.25) is 0 Å². The number of benzene rings is 1. The number of pyridine rings is 1. The molecule has 1 heterocycles. The molecule has 0 atom stereocenters. The molecule has 0 aliphatic rings. The second-order valence-electron chi connectivity index (χ2n) is 4.05. The number of aromatic nitrogens is 1. The number of hydrogen-bond donors (Lipinski definition) is 0. The van der Waals surface area contributed by atoms with Gasteiger partial charge in [-0.1, -0.05) is 12.1 Å². The van der Waals surface area contributed by atoms with E-state index in [9.17, 15) is 18.0 Å². The van der Waals surface area contributed by atoms with E-state index in [1.54, 1.807) is 19.1 Å². The van der Waals surface area contributed by atoms with E-state index in [4.69, 9.17) is 0 Å². The largest absolute Gasteiger partial charge is 0.573 e. The van der Waals surface area contributed by atoms with Crippen LogP contribution in [0.4, 0.5) is 13.2 Å². The topological polar surface area (TPSA) is 39.2 Å². The summed E-state index contributed by atoms with van der Waals surface area (Å²) in [7, 11) is 0. The summed E-state index contributed by atoms with van der Waals surface area (Å²) >= 11 is 0. The molecular weight excluding hydrogens is 271 g/mol. The smallest absolute Gasteiger partial charge is 0.405 e. The van der Waals surface area contributed by atoms with Crippen molar-refractivity contribution in [2.75, 3.05) is 0 Å². The molecule has 0 spiro atoms. The fraction of sp³-hybridized carbons (Fsp3) is 0.143. The minimum Gasteiger partial charge on any atom is -0.405 e. The van der Waals surface area contributed by atoms with E-state index in [2.05, 4.69) is 9.72 Å². The minimum absolute atomic E-state index is 0.121. The summed E-state index contributed by atoms with van der Waals surface area (Å²) in [5, 5.41) is 0. The van der Waals surface area contributed by atoms with Crippen molar-refractivity contribution in [2.45, 2.75) is 13.3 Å². The van der Waals surface area contributed by atoms with E-state index >= 15 is 0 Å². The number of nitrogens with zero attached hydrogens (tertiary/aromatic N) is 1. The van der Waals surface area contributed by atoms with Gasteiger partial charge in [0.1, 0.15) is 5.75 Å². The number of carbonyl (C=O) groups excluding carboxylic acids is 1. The van der Waals surface area contributed by atoms with Gasteiger partial charge in [0.05, 0.1) is 5.69 Å². The van der Waals surface area contributed by atoms with Crippen LogP contribution in [-0.4, -0.2) is 17.6 Å². The van der Waals surface area contributed by atoms with Crippen molar-refractivity contribution < 1.29 is 22.7 Å². The Morgan fingerprint density at radius 1 is 1.15 bits per heavy atom. The number of hydrogen-bond acceptors (Lipinski definition) is 3. The summed E-state index contributed by atoms with van der Waals surface area (Å²) in [6, 6.07) is 8.70. The van der Waals surface area contributed by atoms with Crippen LogP contribution < -0.4 is 4.74 Å². The highest BCUT2D eigenvalue weighted by atomic mass is 19.4. The molecule has 20 heavy (non-hydrogen) atoms. The zero-order valence-electron chi connectivity index (χ0n) is 10.4. The van der Waals surface area contributed by atoms with Gasteiger partial charge >= 0.3 is 6.36 Å². The molecule has 0 fully saturated rings. The van der Waals surface area contributed by atoms with E-state index in [1.807, 2.05) is 0 Å². The first kappa shape index (κ1) is 14.0. The molecule has 2 rings (SSSR count). The highest BCUT2D eigenvalue weighted by Crippen LogP contribution is 2.34. The quantitative estimate of drug-likeness (QED) is 0.804. The normalized spacial score (nSPS) is 11.2. The van der Waals surface area contributed by atoms with Gasteiger partial charge in [-0.25, -0.2) is 0 Å². The van der Waals surface area contributed by atoms with E-state index in [-0.39, 0.29) is 22.6 Å². The summed E-state index contributed by atoms with van der Waals surface area (Å²) in [4.78, 5) is 15.1. The van der Waals surface area contributed by atoms with Crippen LogP contribution in [0.5, 0.6) is 5.75 Å². The maximum atomic E-state index is 12.4. The molecule has 0 aliphatic carbocycles. The predicted molar refractivity (Wildman–Crippen MR) is 66.5 cm³/mol. The van der Waals surface area contributed by atoms with Gasteiger partial charge in [0.15, 0.2) is 6.29 Å². The maximum absolute atomic E-state index is 12.4.